The molecule has 1 atom stereocenters. The SMILES string of the molecule is COC(=O)c1c(N2CCC[C@@H](N)C2)n(Cc2ccccc2Cl)c2c(=O)n(C)c(=O)n(C)c12. The number of carbonyl (C=O) groups excluding carboxylic acids is 1. The molecule has 0 radical (unpaired) electrons. The van der Waals surface area contributed by atoms with Crippen molar-refractivity contribution in [2.24, 2.45) is 19.8 Å². The van der Waals surface area contributed by atoms with Gasteiger partial charge in [0, 0.05) is 38.2 Å². The zero-order valence-electron chi connectivity index (χ0n) is 18.3. The molecule has 10 heteroatoms. The summed E-state index contributed by atoms with van der Waals surface area (Å²) in [5.41, 5.74) is 6.67. The third-order valence-electron chi connectivity index (χ3n) is 6.06. The van der Waals surface area contributed by atoms with Crippen molar-refractivity contribution in [1.82, 2.24) is 13.7 Å². The van der Waals surface area contributed by atoms with E-state index in [1.54, 1.807) is 17.7 Å². The molecule has 0 bridgehead atoms. The summed E-state index contributed by atoms with van der Waals surface area (Å²) in [4.78, 5) is 41.1. The van der Waals surface area contributed by atoms with E-state index >= 15 is 0 Å². The predicted octanol–water partition coefficient (Wildman–Crippen LogP) is 1.45. The van der Waals surface area contributed by atoms with E-state index in [4.69, 9.17) is 22.1 Å². The summed E-state index contributed by atoms with van der Waals surface area (Å²) in [5, 5.41) is 0.539. The molecule has 1 saturated heterocycles. The maximum absolute atomic E-state index is 13.3. The molecule has 0 amide bonds. The summed E-state index contributed by atoms with van der Waals surface area (Å²) >= 11 is 6.43. The molecule has 32 heavy (non-hydrogen) atoms. The predicted molar refractivity (Wildman–Crippen MR) is 124 cm³/mol. The van der Waals surface area contributed by atoms with Crippen LogP contribution in [0.4, 0.5) is 5.82 Å². The number of hydrogen-bond acceptors (Lipinski definition) is 6. The van der Waals surface area contributed by atoms with Crippen LogP contribution in [0.1, 0.15) is 28.8 Å². The van der Waals surface area contributed by atoms with E-state index in [2.05, 4.69) is 0 Å². The number of benzene rings is 1. The molecule has 1 fully saturated rings. The number of piperidine rings is 1. The fourth-order valence-corrected chi connectivity index (χ4v) is 4.67. The van der Waals surface area contributed by atoms with E-state index in [-0.39, 0.29) is 29.2 Å². The number of fused-ring (bicyclic) bond motifs is 1. The molecule has 1 aliphatic rings. The third kappa shape index (κ3) is 3.51. The summed E-state index contributed by atoms with van der Waals surface area (Å²) < 4.78 is 9.22. The molecule has 1 aliphatic heterocycles. The van der Waals surface area contributed by atoms with Crippen molar-refractivity contribution in [3.8, 4) is 0 Å². The highest BCUT2D eigenvalue weighted by atomic mass is 35.5. The van der Waals surface area contributed by atoms with Gasteiger partial charge in [-0.05, 0) is 24.5 Å². The summed E-state index contributed by atoms with van der Waals surface area (Å²) in [5.74, 6) is -0.106. The van der Waals surface area contributed by atoms with Gasteiger partial charge < -0.3 is 19.9 Å². The maximum Gasteiger partial charge on any atom is 0.343 e. The lowest BCUT2D eigenvalue weighted by atomic mass is 10.1. The molecule has 0 spiro atoms. The van der Waals surface area contributed by atoms with Gasteiger partial charge in [-0.15, -0.1) is 0 Å². The van der Waals surface area contributed by atoms with Crippen molar-refractivity contribution in [1.29, 1.82) is 0 Å². The van der Waals surface area contributed by atoms with Crippen LogP contribution in [0.25, 0.3) is 11.0 Å². The molecule has 4 rings (SSSR count). The van der Waals surface area contributed by atoms with Gasteiger partial charge in [0.2, 0.25) is 0 Å². The molecule has 2 N–H and O–H groups in total. The van der Waals surface area contributed by atoms with E-state index in [0.29, 0.717) is 23.9 Å². The number of aromatic nitrogens is 3. The van der Waals surface area contributed by atoms with E-state index in [0.717, 1.165) is 23.0 Å². The minimum absolute atomic E-state index is 0.0762. The molecular weight excluding hydrogens is 434 g/mol. The zero-order valence-corrected chi connectivity index (χ0v) is 19.1. The Hall–Kier alpha value is -3.04. The first-order valence-electron chi connectivity index (χ1n) is 10.4. The van der Waals surface area contributed by atoms with Gasteiger partial charge in [0.25, 0.3) is 5.56 Å². The van der Waals surface area contributed by atoms with Gasteiger partial charge in [-0.1, -0.05) is 29.8 Å². The number of ether oxygens (including phenoxy) is 1. The van der Waals surface area contributed by atoms with Gasteiger partial charge in [0.1, 0.15) is 16.9 Å². The van der Waals surface area contributed by atoms with E-state index in [1.807, 2.05) is 23.1 Å². The first kappa shape index (κ1) is 22.2. The smallest absolute Gasteiger partial charge is 0.343 e. The Morgan fingerprint density at radius 2 is 1.91 bits per heavy atom. The van der Waals surface area contributed by atoms with Crippen LogP contribution in [0.3, 0.4) is 0 Å². The maximum atomic E-state index is 13.3. The monoisotopic (exact) mass is 459 g/mol. The molecule has 0 saturated carbocycles. The fourth-order valence-electron chi connectivity index (χ4n) is 4.47. The highest BCUT2D eigenvalue weighted by Gasteiger charge is 2.33. The molecule has 2 aromatic heterocycles. The van der Waals surface area contributed by atoms with Crippen LogP contribution in [0.15, 0.2) is 33.9 Å². The number of nitrogens with two attached hydrogens (primary N) is 1. The Kier molecular flexibility index (Phi) is 5.87. The first-order valence-corrected chi connectivity index (χ1v) is 10.8. The van der Waals surface area contributed by atoms with E-state index < -0.39 is 17.2 Å². The summed E-state index contributed by atoms with van der Waals surface area (Å²) in [6.45, 7) is 1.41. The van der Waals surface area contributed by atoms with Crippen LogP contribution in [-0.4, -0.2) is 45.9 Å². The first-order chi connectivity index (χ1) is 15.3. The number of esters is 1. The van der Waals surface area contributed by atoms with Gasteiger partial charge >= 0.3 is 11.7 Å². The van der Waals surface area contributed by atoms with Crippen molar-refractivity contribution in [2.75, 3.05) is 25.1 Å². The van der Waals surface area contributed by atoms with Gasteiger partial charge in [-0.25, -0.2) is 9.59 Å². The second-order valence-corrected chi connectivity index (χ2v) is 8.53. The van der Waals surface area contributed by atoms with Crippen molar-refractivity contribution in [3.05, 3.63) is 61.3 Å². The van der Waals surface area contributed by atoms with Crippen LogP contribution >= 0.6 is 11.6 Å². The van der Waals surface area contributed by atoms with Crippen LogP contribution in [-0.2, 0) is 25.4 Å². The zero-order chi connectivity index (χ0) is 23.2. The molecule has 3 aromatic rings. The Labute approximate surface area is 189 Å². The third-order valence-corrected chi connectivity index (χ3v) is 6.43. The fraction of sp³-hybridized carbons (Fsp3) is 0.409. The van der Waals surface area contributed by atoms with E-state index in [9.17, 15) is 14.4 Å². The second kappa shape index (κ2) is 8.48. The number of anilines is 1. The highest BCUT2D eigenvalue weighted by molar-refractivity contribution is 6.31. The molecular formula is C22H26ClN5O4. The topological polar surface area (TPSA) is 104 Å². The summed E-state index contributed by atoms with van der Waals surface area (Å²) in [6.07, 6.45) is 1.71. The molecule has 170 valence electrons. The number of methoxy groups -OCH3 is 1. The Morgan fingerprint density at radius 1 is 1.19 bits per heavy atom. The standard InChI is InChI=1S/C22H26ClN5O4/c1-25-17-16(21(30)32-3)19(27-10-6-8-14(24)12-27)28(11-13-7-4-5-9-15(13)23)18(17)20(29)26(2)22(25)31/h4-5,7,9,14H,6,8,10-12,24H2,1-3H3/t14-/m1/s1. The van der Waals surface area contributed by atoms with Crippen molar-refractivity contribution in [3.63, 3.8) is 0 Å². The van der Waals surface area contributed by atoms with Crippen LogP contribution in [0, 0.1) is 0 Å². The van der Waals surface area contributed by atoms with Gasteiger partial charge in [0.15, 0.2) is 0 Å². The normalized spacial score (nSPS) is 16.5. The largest absolute Gasteiger partial charge is 0.465 e. The van der Waals surface area contributed by atoms with Crippen molar-refractivity contribution < 1.29 is 9.53 Å². The molecule has 0 unspecified atom stereocenters. The molecule has 3 heterocycles. The van der Waals surface area contributed by atoms with Crippen LogP contribution in [0.5, 0.6) is 0 Å². The summed E-state index contributed by atoms with van der Waals surface area (Å²) in [6, 6.07) is 7.25. The van der Waals surface area contributed by atoms with Crippen LogP contribution < -0.4 is 21.9 Å². The number of aryl methyl sites for hydroxylation is 1. The molecule has 9 nitrogen and oxygen atoms in total. The van der Waals surface area contributed by atoms with Crippen molar-refractivity contribution >= 4 is 34.4 Å². The van der Waals surface area contributed by atoms with Crippen molar-refractivity contribution in [2.45, 2.75) is 25.4 Å². The highest BCUT2D eigenvalue weighted by Crippen LogP contribution is 2.34. The summed E-state index contributed by atoms with van der Waals surface area (Å²) in [7, 11) is 4.25. The molecule has 1 aromatic carbocycles. The Morgan fingerprint density at radius 3 is 2.56 bits per heavy atom. The minimum atomic E-state index is -0.620. The lowest BCUT2D eigenvalue weighted by Crippen LogP contribution is -2.44. The Balaban J connectivity index is 2.14. The number of nitrogens with zero attached hydrogens (tertiary/aromatic N) is 4. The number of hydrogen-bond donors (Lipinski definition) is 1. The average molecular weight is 460 g/mol. The lowest BCUT2D eigenvalue weighted by Gasteiger charge is -2.33. The minimum Gasteiger partial charge on any atom is -0.465 e. The second-order valence-electron chi connectivity index (χ2n) is 8.12. The molecule has 0 aliphatic carbocycles. The Bertz CT molecular complexity index is 1320. The number of halogens is 1. The lowest BCUT2D eigenvalue weighted by molar-refractivity contribution is 0.0603. The number of rotatable bonds is 4. The van der Waals surface area contributed by atoms with E-state index in [1.165, 1.54) is 18.7 Å². The average Bonchev–Trinajstić information content (AvgIpc) is 3.12. The van der Waals surface area contributed by atoms with Gasteiger partial charge in [-0.2, -0.15) is 0 Å². The quantitative estimate of drug-likeness (QED) is 0.592. The van der Waals surface area contributed by atoms with Gasteiger partial charge in [-0.3, -0.25) is 13.9 Å². The van der Waals surface area contributed by atoms with Crippen LogP contribution in [0.2, 0.25) is 5.02 Å². The van der Waals surface area contributed by atoms with Gasteiger partial charge in [0.05, 0.1) is 19.2 Å². The number of carbonyl (C=O) groups is 1.